The minimum atomic E-state index is -0.314. The Morgan fingerprint density at radius 1 is 0.871 bits per heavy atom. The number of anilines is 1. The summed E-state index contributed by atoms with van der Waals surface area (Å²) in [7, 11) is 0. The number of nitrogens with one attached hydrogen (secondary N) is 1. The van der Waals surface area contributed by atoms with Gasteiger partial charge >= 0.3 is 0 Å². The fraction of sp³-hybridized carbons (Fsp3) is 0.154. The molecule has 0 aliphatic rings. The molecular formula is C26H25ClN2O2. The molecule has 5 heteroatoms. The van der Waals surface area contributed by atoms with Crippen molar-refractivity contribution in [3.05, 3.63) is 101 Å². The Labute approximate surface area is 188 Å². The Morgan fingerprint density at radius 2 is 1.48 bits per heavy atom. The second-order valence-corrected chi connectivity index (χ2v) is 7.33. The maximum atomic E-state index is 13.4. The van der Waals surface area contributed by atoms with Gasteiger partial charge < -0.3 is 10.2 Å². The molecule has 0 fully saturated rings. The molecule has 3 aromatic rings. The van der Waals surface area contributed by atoms with Crippen LogP contribution in [0.25, 0.3) is 11.6 Å². The Hall–Kier alpha value is -3.37. The maximum Gasteiger partial charge on any atom is 0.256 e. The van der Waals surface area contributed by atoms with Crippen LogP contribution in [0.3, 0.4) is 0 Å². The third-order valence-electron chi connectivity index (χ3n) is 4.99. The summed E-state index contributed by atoms with van der Waals surface area (Å²) in [5, 5.41) is 3.49. The van der Waals surface area contributed by atoms with E-state index in [2.05, 4.69) is 5.32 Å². The molecule has 0 aromatic heterocycles. The molecule has 0 atom stereocenters. The maximum absolute atomic E-state index is 13.4. The van der Waals surface area contributed by atoms with Gasteiger partial charge in [-0.3, -0.25) is 9.59 Å². The van der Waals surface area contributed by atoms with Gasteiger partial charge in [-0.2, -0.15) is 0 Å². The van der Waals surface area contributed by atoms with Crippen molar-refractivity contribution < 1.29 is 9.59 Å². The minimum absolute atomic E-state index is 0.114. The summed E-state index contributed by atoms with van der Waals surface area (Å²) in [6.07, 6.45) is 1.77. The van der Waals surface area contributed by atoms with Gasteiger partial charge in [0.25, 0.3) is 11.8 Å². The number of para-hydroxylation sites is 1. The Bertz CT molecular complexity index is 1090. The van der Waals surface area contributed by atoms with E-state index in [-0.39, 0.29) is 11.8 Å². The number of nitrogens with zero attached hydrogens (tertiary/aromatic N) is 1. The molecule has 0 saturated heterocycles. The molecule has 2 amide bonds. The number of benzene rings is 3. The van der Waals surface area contributed by atoms with Crippen LogP contribution in [0.4, 0.5) is 5.69 Å². The molecule has 0 spiro atoms. The molecule has 31 heavy (non-hydrogen) atoms. The van der Waals surface area contributed by atoms with Crippen LogP contribution in [0.15, 0.2) is 78.9 Å². The first-order valence-corrected chi connectivity index (χ1v) is 10.6. The highest BCUT2D eigenvalue weighted by atomic mass is 35.5. The molecule has 0 radical (unpaired) electrons. The van der Waals surface area contributed by atoms with Crippen LogP contribution in [0.2, 0.25) is 5.02 Å². The highest BCUT2D eigenvalue weighted by Gasteiger charge is 2.19. The van der Waals surface area contributed by atoms with E-state index >= 15 is 0 Å². The van der Waals surface area contributed by atoms with Crippen molar-refractivity contribution in [1.29, 1.82) is 0 Å². The Kier molecular flexibility index (Phi) is 7.63. The largest absolute Gasteiger partial charge is 0.339 e. The predicted octanol–water partition coefficient (Wildman–Crippen LogP) is 6.00. The molecule has 0 aliphatic heterocycles. The van der Waals surface area contributed by atoms with Gasteiger partial charge in [0.15, 0.2) is 0 Å². The van der Waals surface area contributed by atoms with Gasteiger partial charge in [-0.05, 0) is 49.2 Å². The normalized spacial score (nSPS) is 11.1. The van der Waals surface area contributed by atoms with Gasteiger partial charge in [0.1, 0.15) is 0 Å². The molecule has 1 N–H and O–H groups in total. The summed E-state index contributed by atoms with van der Waals surface area (Å²) in [6.45, 7) is 5.06. The zero-order valence-electron chi connectivity index (χ0n) is 17.6. The number of hydrogen-bond donors (Lipinski definition) is 1. The van der Waals surface area contributed by atoms with Gasteiger partial charge in [-0.15, -0.1) is 0 Å². The van der Waals surface area contributed by atoms with Crippen molar-refractivity contribution in [2.75, 3.05) is 18.4 Å². The lowest BCUT2D eigenvalue weighted by atomic mass is 10.0. The number of rotatable bonds is 7. The SMILES string of the molecule is CCN(CC)C(=O)c1ccccc1NC(=O)/C(=C/c1ccccc1Cl)c1ccccc1. The van der Waals surface area contributed by atoms with E-state index in [1.54, 1.807) is 41.3 Å². The van der Waals surface area contributed by atoms with Crippen LogP contribution < -0.4 is 5.32 Å². The third-order valence-corrected chi connectivity index (χ3v) is 5.34. The monoisotopic (exact) mass is 432 g/mol. The molecule has 0 heterocycles. The molecule has 158 valence electrons. The number of carbonyl (C=O) groups is 2. The molecule has 0 unspecified atom stereocenters. The van der Waals surface area contributed by atoms with Crippen LogP contribution in [0, 0.1) is 0 Å². The van der Waals surface area contributed by atoms with Crippen LogP contribution in [0.5, 0.6) is 0 Å². The number of halogens is 1. The van der Waals surface area contributed by atoms with Gasteiger partial charge in [-0.1, -0.05) is 72.3 Å². The molecule has 3 rings (SSSR count). The lowest BCUT2D eigenvalue weighted by Crippen LogP contribution is -2.31. The first-order chi connectivity index (χ1) is 15.0. The average Bonchev–Trinajstić information content (AvgIpc) is 2.80. The van der Waals surface area contributed by atoms with E-state index in [0.717, 1.165) is 11.1 Å². The third kappa shape index (κ3) is 5.41. The van der Waals surface area contributed by atoms with Crippen LogP contribution in [0.1, 0.15) is 35.3 Å². The fourth-order valence-corrected chi connectivity index (χ4v) is 3.49. The van der Waals surface area contributed by atoms with Gasteiger partial charge in [0.05, 0.1) is 11.3 Å². The summed E-state index contributed by atoms with van der Waals surface area (Å²) in [5.41, 5.74) is 2.90. The topological polar surface area (TPSA) is 49.4 Å². The first kappa shape index (κ1) is 22.3. The number of amides is 2. The van der Waals surface area contributed by atoms with Gasteiger partial charge in [0.2, 0.25) is 0 Å². The van der Waals surface area contributed by atoms with Crippen molar-refractivity contribution in [2.45, 2.75) is 13.8 Å². The van der Waals surface area contributed by atoms with Crippen molar-refractivity contribution in [1.82, 2.24) is 4.90 Å². The highest BCUT2D eigenvalue weighted by molar-refractivity contribution is 6.34. The standard InChI is InChI=1S/C26H25ClN2O2/c1-3-29(4-2)26(31)21-15-9-11-17-24(21)28-25(30)22(19-12-6-5-7-13-19)18-20-14-8-10-16-23(20)27/h5-18H,3-4H2,1-2H3,(H,28,30)/b22-18+. The number of carbonyl (C=O) groups excluding carboxylic acids is 2. The molecule has 0 saturated carbocycles. The zero-order valence-corrected chi connectivity index (χ0v) is 18.4. The minimum Gasteiger partial charge on any atom is -0.339 e. The second-order valence-electron chi connectivity index (χ2n) is 6.92. The van der Waals surface area contributed by atoms with Gasteiger partial charge in [0, 0.05) is 23.7 Å². The van der Waals surface area contributed by atoms with E-state index in [4.69, 9.17) is 11.6 Å². The summed E-state index contributed by atoms with van der Waals surface area (Å²) in [6, 6.07) is 23.8. The molecule has 3 aromatic carbocycles. The zero-order chi connectivity index (χ0) is 22.2. The highest BCUT2D eigenvalue weighted by Crippen LogP contribution is 2.26. The summed E-state index contributed by atoms with van der Waals surface area (Å²) in [4.78, 5) is 28.0. The molecule has 0 bridgehead atoms. The number of hydrogen-bond acceptors (Lipinski definition) is 2. The average molecular weight is 433 g/mol. The van der Waals surface area contributed by atoms with Crippen molar-refractivity contribution >= 4 is 40.8 Å². The van der Waals surface area contributed by atoms with Crippen LogP contribution >= 0.6 is 11.6 Å². The van der Waals surface area contributed by atoms with Crippen molar-refractivity contribution in [3.8, 4) is 0 Å². The summed E-state index contributed by atoms with van der Waals surface area (Å²) < 4.78 is 0. The van der Waals surface area contributed by atoms with Gasteiger partial charge in [-0.25, -0.2) is 0 Å². The van der Waals surface area contributed by atoms with E-state index in [9.17, 15) is 9.59 Å². The lowest BCUT2D eigenvalue weighted by molar-refractivity contribution is -0.111. The van der Waals surface area contributed by atoms with E-state index < -0.39 is 0 Å². The van der Waals surface area contributed by atoms with E-state index in [1.165, 1.54) is 0 Å². The molecular weight excluding hydrogens is 408 g/mol. The smallest absolute Gasteiger partial charge is 0.256 e. The van der Waals surface area contributed by atoms with Crippen LogP contribution in [-0.2, 0) is 4.79 Å². The fourth-order valence-electron chi connectivity index (χ4n) is 3.29. The van der Waals surface area contributed by atoms with Crippen molar-refractivity contribution in [2.24, 2.45) is 0 Å². The predicted molar refractivity (Wildman–Crippen MR) is 128 cm³/mol. The summed E-state index contributed by atoms with van der Waals surface area (Å²) in [5.74, 6) is -0.428. The first-order valence-electron chi connectivity index (χ1n) is 10.3. The van der Waals surface area contributed by atoms with E-state index in [1.807, 2.05) is 62.4 Å². The van der Waals surface area contributed by atoms with Crippen LogP contribution in [-0.4, -0.2) is 29.8 Å². The quantitative estimate of drug-likeness (QED) is 0.367. The molecule has 4 nitrogen and oxygen atoms in total. The molecule has 0 aliphatic carbocycles. The summed E-state index contributed by atoms with van der Waals surface area (Å²) >= 11 is 6.33. The lowest BCUT2D eigenvalue weighted by Gasteiger charge is -2.20. The van der Waals surface area contributed by atoms with Crippen molar-refractivity contribution in [3.63, 3.8) is 0 Å². The second kappa shape index (κ2) is 10.6. The Morgan fingerprint density at radius 3 is 2.16 bits per heavy atom. The Balaban J connectivity index is 2.00. The van der Waals surface area contributed by atoms with E-state index in [0.29, 0.717) is 34.9 Å².